The molecule has 2 aromatic heterocycles. The first-order valence-corrected chi connectivity index (χ1v) is 7.72. The average molecular weight is 316 g/mol. The standard InChI is InChI=1S/C15H20N6O2/c1-9(22)13(10-3-2-5-16-7-10)21-15(23)20-12-8-18-14-11(19-12)4-6-17-14/h4,6,8,10,13,16H,2-3,5,7H2,1H3,(H,17,18)(H2,19,20,21,23). The van der Waals surface area contributed by atoms with E-state index in [1.54, 1.807) is 12.3 Å². The van der Waals surface area contributed by atoms with Crippen molar-refractivity contribution in [1.82, 2.24) is 25.6 Å². The molecule has 2 unspecified atom stereocenters. The summed E-state index contributed by atoms with van der Waals surface area (Å²) in [6.45, 7) is 3.20. The fraction of sp³-hybridized carbons (Fsp3) is 0.467. The fourth-order valence-corrected chi connectivity index (χ4v) is 2.90. The first kappa shape index (κ1) is 15.4. The maximum Gasteiger partial charge on any atom is 0.321 e. The van der Waals surface area contributed by atoms with Crippen molar-refractivity contribution >= 4 is 28.8 Å². The molecule has 0 aliphatic carbocycles. The molecule has 3 heterocycles. The molecule has 2 atom stereocenters. The van der Waals surface area contributed by atoms with Crippen LogP contribution in [0.25, 0.3) is 11.2 Å². The lowest BCUT2D eigenvalue weighted by Gasteiger charge is -2.29. The van der Waals surface area contributed by atoms with Crippen molar-refractivity contribution in [1.29, 1.82) is 0 Å². The molecule has 0 spiro atoms. The maximum absolute atomic E-state index is 12.2. The van der Waals surface area contributed by atoms with Gasteiger partial charge in [0, 0.05) is 12.7 Å². The van der Waals surface area contributed by atoms with E-state index in [0.29, 0.717) is 17.0 Å². The van der Waals surface area contributed by atoms with Crippen LogP contribution in [0.5, 0.6) is 0 Å². The van der Waals surface area contributed by atoms with Crippen LogP contribution in [0.4, 0.5) is 10.6 Å². The van der Waals surface area contributed by atoms with Gasteiger partial charge in [-0.15, -0.1) is 0 Å². The first-order chi connectivity index (χ1) is 11.1. The summed E-state index contributed by atoms with van der Waals surface area (Å²) in [5, 5.41) is 8.66. The van der Waals surface area contributed by atoms with Crippen LogP contribution in [0.1, 0.15) is 19.8 Å². The van der Waals surface area contributed by atoms with Gasteiger partial charge in [0.25, 0.3) is 0 Å². The lowest BCUT2D eigenvalue weighted by atomic mass is 9.89. The summed E-state index contributed by atoms with van der Waals surface area (Å²) < 4.78 is 0. The molecule has 1 fully saturated rings. The van der Waals surface area contributed by atoms with E-state index in [0.717, 1.165) is 25.9 Å². The van der Waals surface area contributed by atoms with Gasteiger partial charge < -0.3 is 15.6 Å². The third kappa shape index (κ3) is 3.65. The third-order valence-electron chi connectivity index (χ3n) is 4.03. The molecule has 0 aromatic carbocycles. The number of carbonyl (C=O) groups is 2. The number of aromatic nitrogens is 3. The third-order valence-corrected chi connectivity index (χ3v) is 4.03. The number of hydrogen-bond acceptors (Lipinski definition) is 5. The predicted molar refractivity (Wildman–Crippen MR) is 86.1 cm³/mol. The van der Waals surface area contributed by atoms with E-state index in [1.165, 1.54) is 13.1 Å². The number of urea groups is 1. The van der Waals surface area contributed by atoms with E-state index in [2.05, 4.69) is 30.9 Å². The number of amides is 2. The van der Waals surface area contributed by atoms with E-state index in [4.69, 9.17) is 0 Å². The van der Waals surface area contributed by atoms with Crippen molar-refractivity contribution < 1.29 is 9.59 Å². The van der Waals surface area contributed by atoms with E-state index in [9.17, 15) is 9.59 Å². The Kier molecular flexibility index (Phi) is 4.52. The summed E-state index contributed by atoms with van der Waals surface area (Å²) in [7, 11) is 0. The number of fused-ring (bicyclic) bond motifs is 1. The monoisotopic (exact) mass is 316 g/mol. The number of hydrogen-bond donors (Lipinski definition) is 4. The van der Waals surface area contributed by atoms with Crippen LogP contribution in [0, 0.1) is 5.92 Å². The van der Waals surface area contributed by atoms with Gasteiger partial charge in [-0.05, 0) is 38.3 Å². The van der Waals surface area contributed by atoms with Crippen molar-refractivity contribution in [3.8, 4) is 0 Å². The first-order valence-electron chi connectivity index (χ1n) is 7.72. The van der Waals surface area contributed by atoms with Crippen LogP contribution in [0.2, 0.25) is 0 Å². The Hall–Kier alpha value is -2.48. The second-order valence-corrected chi connectivity index (χ2v) is 5.76. The molecule has 23 heavy (non-hydrogen) atoms. The van der Waals surface area contributed by atoms with E-state index >= 15 is 0 Å². The predicted octanol–water partition coefficient (Wildman–Crippen LogP) is 1.04. The number of anilines is 1. The molecule has 8 heteroatoms. The fourth-order valence-electron chi connectivity index (χ4n) is 2.90. The van der Waals surface area contributed by atoms with Crippen molar-refractivity contribution in [2.24, 2.45) is 5.92 Å². The topological polar surface area (TPSA) is 112 Å². The number of H-pyrrole nitrogens is 1. The van der Waals surface area contributed by atoms with Crippen molar-refractivity contribution in [3.05, 3.63) is 18.5 Å². The van der Waals surface area contributed by atoms with Gasteiger partial charge >= 0.3 is 6.03 Å². The highest BCUT2D eigenvalue weighted by molar-refractivity contribution is 5.93. The van der Waals surface area contributed by atoms with Gasteiger partial charge in [-0.1, -0.05) is 0 Å². The Morgan fingerprint density at radius 2 is 2.30 bits per heavy atom. The zero-order chi connectivity index (χ0) is 16.2. The summed E-state index contributed by atoms with van der Waals surface area (Å²) in [6, 6.07) is 0.837. The van der Waals surface area contributed by atoms with Crippen LogP contribution in [0.3, 0.4) is 0 Å². The van der Waals surface area contributed by atoms with Crippen LogP contribution in [-0.4, -0.2) is 45.9 Å². The Bertz CT molecular complexity index is 707. The van der Waals surface area contributed by atoms with Crippen molar-refractivity contribution in [2.45, 2.75) is 25.8 Å². The van der Waals surface area contributed by atoms with Crippen LogP contribution in [0.15, 0.2) is 18.5 Å². The van der Waals surface area contributed by atoms with Gasteiger partial charge in [0.05, 0.1) is 12.2 Å². The van der Waals surface area contributed by atoms with Gasteiger partial charge in [0.1, 0.15) is 5.52 Å². The minimum atomic E-state index is -0.494. The summed E-state index contributed by atoms with van der Waals surface area (Å²) in [5.74, 6) is 0.421. The molecule has 0 saturated carbocycles. The molecular formula is C15H20N6O2. The molecule has 0 bridgehead atoms. The van der Waals surface area contributed by atoms with E-state index < -0.39 is 12.1 Å². The highest BCUT2D eigenvalue weighted by Crippen LogP contribution is 2.16. The lowest BCUT2D eigenvalue weighted by Crippen LogP contribution is -2.51. The molecule has 122 valence electrons. The molecule has 4 N–H and O–H groups in total. The zero-order valence-electron chi connectivity index (χ0n) is 12.9. The van der Waals surface area contributed by atoms with Crippen LogP contribution < -0.4 is 16.0 Å². The Labute approximate surface area is 133 Å². The highest BCUT2D eigenvalue weighted by atomic mass is 16.2. The number of ketones is 1. The van der Waals surface area contributed by atoms with E-state index in [1.807, 2.05) is 0 Å². The number of piperidine rings is 1. The number of nitrogens with zero attached hydrogens (tertiary/aromatic N) is 2. The van der Waals surface area contributed by atoms with Gasteiger partial charge in [-0.3, -0.25) is 10.1 Å². The highest BCUT2D eigenvalue weighted by Gasteiger charge is 2.28. The van der Waals surface area contributed by atoms with Crippen molar-refractivity contribution in [3.63, 3.8) is 0 Å². The second-order valence-electron chi connectivity index (χ2n) is 5.76. The number of carbonyl (C=O) groups excluding carboxylic acids is 2. The summed E-state index contributed by atoms with van der Waals surface area (Å²) in [6.07, 6.45) is 5.14. The minimum Gasteiger partial charge on any atom is -0.345 e. The summed E-state index contributed by atoms with van der Waals surface area (Å²) in [4.78, 5) is 35.4. The molecule has 1 saturated heterocycles. The van der Waals surface area contributed by atoms with Gasteiger partial charge in [-0.2, -0.15) is 0 Å². The quantitative estimate of drug-likeness (QED) is 0.673. The largest absolute Gasteiger partial charge is 0.345 e. The zero-order valence-corrected chi connectivity index (χ0v) is 12.9. The smallest absolute Gasteiger partial charge is 0.321 e. The Morgan fingerprint density at radius 3 is 3.04 bits per heavy atom. The number of Topliss-reactive ketones (excluding diaryl/α,β-unsaturated/α-hetero) is 1. The average Bonchev–Trinajstić information content (AvgIpc) is 3.01. The molecule has 2 aromatic rings. The van der Waals surface area contributed by atoms with Crippen molar-refractivity contribution in [2.75, 3.05) is 18.4 Å². The number of nitrogens with one attached hydrogen (secondary N) is 4. The number of aromatic amines is 1. The SMILES string of the molecule is CC(=O)C(NC(=O)Nc1cnc2[nH]ccc2n1)C1CCCNC1. The van der Waals surface area contributed by atoms with Gasteiger partial charge in [0.15, 0.2) is 17.2 Å². The summed E-state index contributed by atoms with van der Waals surface area (Å²) in [5.41, 5.74) is 1.33. The molecule has 1 aliphatic rings. The molecule has 2 amide bonds. The Balaban J connectivity index is 1.65. The minimum absolute atomic E-state index is 0.0407. The Morgan fingerprint density at radius 1 is 1.43 bits per heavy atom. The summed E-state index contributed by atoms with van der Waals surface area (Å²) >= 11 is 0. The molecule has 1 aliphatic heterocycles. The van der Waals surface area contributed by atoms with Crippen LogP contribution in [-0.2, 0) is 4.79 Å². The molecule has 8 nitrogen and oxygen atoms in total. The van der Waals surface area contributed by atoms with E-state index in [-0.39, 0.29) is 11.7 Å². The lowest BCUT2D eigenvalue weighted by molar-refractivity contribution is -0.120. The van der Waals surface area contributed by atoms with Gasteiger partial charge in [-0.25, -0.2) is 14.8 Å². The maximum atomic E-state index is 12.2. The molecular weight excluding hydrogens is 296 g/mol. The molecule has 0 radical (unpaired) electrons. The normalized spacial score (nSPS) is 19.3. The van der Waals surface area contributed by atoms with Gasteiger partial charge in [0.2, 0.25) is 0 Å². The second kappa shape index (κ2) is 6.74. The molecule has 3 rings (SSSR count). The number of rotatable bonds is 4. The van der Waals surface area contributed by atoms with Crippen LogP contribution >= 0.6 is 0 Å².